The number of alkyl halides is 3. The number of fused-ring (bicyclic) bond motifs is 1. The number of hydrogen-bond acceptors (Lipinski definition) is 3. The van der Waals surface area contributed by atoms with Crippen LogP contribution < -0.4 is 4.74 Å². The van der Waals surface area contributed by atoms with Crippen molar-refractivity contribution in [3.63, 3.8) is 0 Å². The lowest BCUT2D eigenvalue weighted by molar-refractivity contribution is -0.185. The van der Waals surface area contributed by atoms with Gasteiger partial charge in [0.05, 0.1) is 0 Å². The topological polar surface area (TPSA) is 46.6 Å². The molecule has 0 N–H and O–H groups in total. The van der Waals surface area contributed by atoms with Crippen LogP contribution in [0.25, 0.3) is 0 Å². The van der Waals surface area contributed by atoms with E-state index < -0.39 is 18.1 Å². The van der Waals surface area contributed by atoms with E-state index in [1.165, 1.54) is 6.92 Å². The average Bonchev–Trinajstić information content (AvgIpc) is 2.63. The van der Waals surface area contributed by atoms with E-state index in [-0.39, 0.29) is 25.9 Å². The Morgan fingerprint density at radius 2 is 1.77 bits per heavy atom. The SMILES string of the molecule is CC(=O)Oc1ccc(Br)c2c1CCN(C(=O)C(F)(F)F)CC2. The number of nitrogens with zero attached hydrogens (tertiary/aromatic N) is 1. The zero-order valence-electron chi connectivity index (χ0n) is 11.7. The molecule has 0 aromatic heterocycles. The van der Waals surface area contributed by atoms with E-state index in [1.807, 2.05) is 0 Å². The lowest BCUT2D eigenvalue weighted by Gasteiger charge is -2.21. The number of halogens is 4. The second-order valence-electron chi connectivity index (χ2n) is 4.89. The highest BCUT2D eigenvalue weighted by Crippen LogP contribution is 2.33. The highest BCUT2D eigenvalue weighted by molar-refractivity contribution is 9.10. The summed E-state index contributed by atoms with van der Waals surface area (Å²) in [5.74, 6) is -2.02. The molecule has 4 nitrogen and oxygen atoms in total. The Hall–Kier alpha value is -1.57. The Bertz CT molecular complexity index is 616. The number of carbonyl (C=O) groups excluding carboxylic acids is 2. The van der Waals surface area contributed by atoms with E-state index in [2.05, 4.69) is 15.9 Å². The second-order valence-corrected chi connectivity index (χ2v) is 5.74. The van der Waals surface area contributed by atoms with Crippen LogP contribution in [-0.4, -0.2) is 36.0 Å². The first-order valence-corrected chi connectivity index (χ1v) is 7.34. The van der Waals surface area contributed by atoms with Gasteiger partial charge in [-0.15, -0.1) is 0 Å². The average molecular weight is 380 g/mol. The molecule has 8 heteroatoms. The first-order valence-electron chi connectivity index (χ1n) is 6.55. The third-order valence-corrected chi connectivity index (χ3v) is 4.12. The first kappa shape index (κ1) is 16.8. The van der Waals surface area contributed by atoms with Gasteiger partial charge >= 0.3 is 18.1 Å². The van der Waals surface area contributed by atoms with Crippen molar-refractivity contribution < 1.29 is 27.5 Å². The fourth-order valence-corrected chi connectivity index (χ4v) is 3.00. The number of esters is 1. The normalized spacial score (nSPS) is 15.0. The first-order chi connectivity index (χ1) is 10.2. The van der Waals surface area contributed by atoms with E-state index >= 15 is 0 Å². The molecule has 0 aliphatic carbocycles. The van der Waals surface area contributed by atoms with Crippen molar-refractivity contribution in [3.8, 4) is 5.75 Å². The van der Waals surface area contributed by atoms with Crippen molar-refractivity contribution in [2.75, 3.05) is 13.1 Å². The van der Waals surface area contributed by atoms with Crippen LogP contribution in [0.3, 0.4) is 0 Å². The van der Waals surface area contributed by atoms with Crippen LogP contribution in [0.4, 0.5) is 13.2 Å². The summed E-state index contributed by atoms with van der Waals surface area (Å²) in [4.78, 5) is 23.3. The summed E-state index contributed by atoms with van der Waals surface area (Å²) in [6, 6.07) is 3.27. The Labute approximate surface area is 133 Å². The van der Waals surface area contributed by atoms with Crippen LogP contribution in [0.1, 0.15) is 18.1 Å². The van der Waals surface area contributed by atoms with Crippen LogP contribution in [-0.2, 0) is 22.4 Å². The van der Waals surface area contributed by atoms with E-state index in [0.717, 1.165) is 14.9 Å². The Morgan fingerprint density at radius 3 is 2.32 bits per heavy atom. The standard InChI is InChI=1S/C14H13BrF3NO3/c1-8(20)22-12-3-2-11(15)9-4-6-19(7-5-10(9)12)13(21)14(16,17)18/h2-3H,4-7H2,1H3. The summed E-state index contributed by atoms with van der Waals surface area (Å²) in [5, 5.41) is 0. The van der Waals surface area contributed by atoms with Crippen LogP contribution >= 0.6 is 15.9 Å². The highest BCUT2D eigenvalue weighted by atomic mass is 79.9. The minimum atomic E-state index is -4.88. The van der Waals surface area contributed by atoms with Crippen LogP contribution in [0, 0.1) is 0 Å². The molecule has 1 aliphatic rings. The van der Waals surface area contributed by atoms with Crippen LogP contribution in [0.2, 0.25) is 0 Å². The molecular weight excluding hydrogens is 367 g/mol. The van der Waals surface area contributed by atoms with Gasteiger partial charge < -0.3 is 9.64 Å². The van der Waals surface area contributed by atoms with E-state index in [9.17, 15) is 22.8 Å². The molecule has 0 unspecified atom stereocenters. The molecule has 0 atom stereocenters. The summed E-state index contributed by atoms with van der Waals surface area (Å²) in [6.07, 6.45) is -4.43. The monoisotopic (exact) mass is 379 g/mol. The molecule has 0 radical (unpaired) electrons. The van der Waals surface area contributed by atoms with Gasteiger partial charge in [0.2, 0.25) is 0 Å². The molecule has 22 heavy (non-hydrogen) atoms. The quantitative estimate of drug-likeness (QED) is 0.556. The van der Waals surface area contributed by atoms with E-state index in [0.29, 0.717) is 11.3 Å². The van der Waals surface area contributed by atoms with Crippen molar-refractivity contribution in [1.29, 1.82) is 0 Å². The fraction of sp³-hybridized carbons (Fsp3) is 0.429. The minimum Gasteiger partial charge on any atom is -0.426 e. The van der Waals surface area contributed by atoms with Gasteiger partial charge in [-0.3, -0.25) is 9.59 Å². The summed E-state index contributed by atoms with van der Waals surface area (Å²) >= 11 is 3.35. The predicted octanol–water partition coefficient (Wildman–Crippen LogP) is 2.86. The van der Waals surface area contributed by atoms with Gasteiger partial charge in [0, 0.05) is 30.0 Å². The molecule has 1 aromatic carbocycles. The summed E-state index contributed by atoms with van der Waals surface area (Å²) in [7, 11) is 0. The zero-order chi connectivity index (χ0) is 16.5. The van der Waals surface area contributed by atoms with Gasteiger partial charge in [-0.1, -0.05) is 15.9 Å². The highest BCUT2D eigenvalue weighted by Gasteiger charge is 2.42. The maximum Gasteiger partial charge on any atom is 0.471 e. The minimum absolute atomic E-state index is 0.0343. The molecule has 0 spiro atoms. The molecule has 0 saturated heterocycles. The second kappa shape index (κ2) is 6.28. The van der Waals surface area contributed by atoms with Gasteiger partial charge in [-0.2, -0.15) is 13.2 Å². The number of hydrogen-bond donors (Lipinski definition) is 0. The fourth-order valence-electron chi connectivity index (χ4n) is 2.43. The Morgan fingerprint density at radius 1 is 1.18 bits per heavy atom. The maximum atomic E-state index is 12.6. The van der Waals surface area contributed by atoms with Gasteiger partial charge in [0.1, 0.15) is 5.75 Å². The Kier molecular flexibility index (Phi) is 4.79. The summed E-state index contributed by atoms with van der Waals surface area (Å²) in [6.45, 7) is 1.15. The third-order valence-electron chi connectivity index (χ3n) is 3.38. The largest absolute Gasteiger partial charge is 0.471 e. The summed E-state index contributed by atoms with van der Waals surface area (Å²) < 4.78 is 43.5. The number of carbonyl (C=O) groups is 2. The molecule has 0 fully saturated rings. The molecule has 1 amide bonds. The van der Waals surface area contributed by atoms with Crippen molar-refractivity contribution in [3.05, 3.63) is 27.7 Å². The lowest BCUT2D eigenvalue weighted by Crippen LogP contribution is -2.42. The van der Waals surface area contributed by atoms with Gasteiger partial charge in [0.25, 0.3) is 0 Å². The van der Waals surface area contributed by atoms with Crippen molar-refractivity contribution in [2.24, 2.45) is 0 Å². The molecule has 1 heterocycles. The van der Waals surface area contributed by atoms with E-state index in [1.54, 1.807) is 12.1 Å². The Balaban J connectivity index is 2.29. The number of ether oxygens (including phenoxy) is 1. The number of benzene rings is 1. The lowest BCUT2D eigenvalue weighted by atomic mass is 10.0. The zero-order valence-corrected chi connectivity index (χ0v) is 13.3. The molecule has 1 aliphatic heterocycles. The number of amides is 1. The molecule has 120 valence electrons. The summed E-state index contributed by atoms with van der Waals surface area (Å²) in [5.41, 5.74) is 1.42. The van der Waals surface area contributed by atoms with Crippen molar-refractivity contribution >= 4 is 27.8 Å². The molecule has 1 aromatic rings. The number of rotatable bonds is 1. The third kappa shape index (κ3) is 3.60. The van der Waals surface area contributed by atoms with Gasteiger partial charge in [-0.25, -0.2) is 0 Å². The van der Waals surface area contributed by atoms with Gasteiger partial charge in [0.15, 0.2) is 0 Å². The van der Waals surface area contributed by atoms with E-state index in [4.69, 9.17) is 4.74 Å². The van der Waals surface area contributed by atoms with Crippen molar-refractivity contribution in [1.82, 2.24) is 4.90 Å². The van der Waals surface area contributed by atoms with Gasteiger partial charge in [-0.05, 0) is 30.5 Å². The van der Waals surface area contributed by atoms with Crippen LogP contribution in [0.15, 0.2) is 16.6 Å². The molecular formula is C14H13BrF3NO3. The molecule has 2 rings (SSSR count). The van der Waals surface area contributed by atoms with Crippen molar-refractivity contribution in [2.45, 2.75) is 25.9 Å². The molecule has 0 saturated carbocycles. The smallest absolute Gasteiger partial charge is 0.426 e. The maximum absolute atomic E-state index is 12.6. The van der Waals surface area contributed by atoms with Crippen LogP contribution in [0.5, 0.6) is 5.75 Å². The predicted molar refractivity (Wildman–Crippen MR) is 75.5 cm³/mol. The molecule has 0 bridgehead atoms.